The van der Waals surface area contributed by atoms with Crippen molar-refractivity contribution in [1.82, 2.24) is 4.90 Å². The number of hydrogen-bond acceptors (Lipinski definition) is 4. The van der Waals surface area contributed by atoms with Gasteiger partial charge in [-0.25, -0.2) is 0 Å². The number of aliphatic hydroxyl groups is 1. The van der Waals surface area contributed by atoms with Crippen molar-refractivity contribution in [3.63, 3.8) is 0 Å². The SMILES string of the molecule is CCCCC[C@](O)(c1ccc(OC)cc1)[C@H](CN1CCOCC1)c1ccccc1. The van der Waals surface area contributed by atoms with E-state index in [-0.39, 0.29) is 5.92 Å². The fourth-order valence-corrected chi connectivity index (χ4v) is 4.30. The molecule has 2 aromatic carbocycles. The average molecular weight is 398 g/mol. The van der Waals surface area contributed by atoms with Crippen LogP contribution in [-0.2, 0) is 10.3 Å². The van der Waals surface area contributed by atoms with Crippen molar-refractivity contribution >= 4 is 0 Å². The van der Waals surface area contributed by atoms with Gasteiger partial charge in [-0.1, -0.05) is 68.7 Å². The van der Waals surface area contributed by atoms with Gasteiger partial charge in [-0.2, -0.15) is 0 Å². The minimum atomic E-state index is -0.929. The van der Waals surface area contributed by atoms with Crippen molar-refractivity contribution in [3.8, 4) is 5.75 Å². The molecule has 1 heterocycles. The summed E-state index contributed by atoms with van der Waals surface area (Å²) in [6.45, 7) is 6.38. The molecule has 1 N–H and O–H groups in total. The molecule has 1 aliphatic heterocycles. The molecule has 2 aromatic rings. The molecule has 0 aromatic heterocycles. The van der Waals surface area contributed by atoms with Crippen LogP contribution in [0, 0.1) is 0 Å². The zero-order valence-electron chi connectivity index (χ0n) is 17.8. The molecule has 4 heteroatoms. The highest BCUT2D eigenvalue weighted by Crippen LogP contribution is 2.42. The van der Waals surface area contributed by atoms with E-state index < -0.39 is 5.60 Å². The normalized spacial score (nSPS) is 18.2. The first-order chi connectivity index (χ1) is 14.2. The van der Waals surface area contributed by atoms with Gasteiger partial charge in [0.25, 0.3) is 0 Å². The predicted octanol–water partition coefficient (Wildman–Crippen LogP) is 4.58. The van der Waals surface area contributed by atoms with Crippen LogP contribution in [0.15, 0.2) is 54.6 Å². The van der Waals surface area contributed by atoms with E-state index in [1.54, 1.807) is 7.11 Å². The minimum absolute atomic E-state index is 0.00736. The number of morpholine rings is 1. The molecular weight excluding hydrogens is 362 g/mol. The monoisotopic (exact) mass is 397 g/mol. The van der Waals surface area contributed by atoms with Gasteiger partial charge < -0.3 is 14.6 Å². The molecule has 3 rings (SSSR count). The zero-order valence-corrected chi connectivity index (χ0v) is 17.8. The summed E-state index contributed by atoms with van der Waals surface area (Å²) in [6.07, 6.45) is 4.01. The second kappa shape index (κ2) is 10.8. The van der Waals surface area contributed by atoms with Crippen molar-refractivity contribution in [2.75, 3.05) is 40.0 Å². The Morgan fingerprint density at radius 1 is 1.03 bits per heavy atom. The van der Waals surface area contributed by atoms with Crippen LogP contribution >= 0.6 is 0 Å². The molecule has 1 fully saturated rings. The standard InChI is InChI=1S/C25H35NO3/c1-3-4-8-15-25(27,22-11-13-23(28-2)14-12-22)24(21-9-6-5-7-10-21)20-26-16-18-29-19-17-26/h5-7,9-14,24,27H,3-4,8,15-20H2,1-2H3/t24-,25+/m1/s1. The molecule has 0 spiro atoms. The van der Waals surface area contributed by atoms with Crippen LogP contribution in [0.4, 0.5) is 0 Å². The van der Waals surface area contributed by atoms with Gasteiger partial charge in [0.1, 0.15) is 5.75 Å². The molecule has 0 aliphatic carbocycles. The van der Waals surface area contributed by atoms with Gasteiger partial charge in [0.2, 0.25) is 0 Å². The molecule has 0 bridgehead atoms. The lowest BCUT2D eigenvalue weighted by Crippen LogP contribution is -2.45. The third-order valence-electron chi connectivity index (χ3n) is 6.07. The van der Waals surface area contributed by atoms with Gasteiger partial charge >= 0.3 is 0 Å². The summed E-state index contributed by atoms with van der Waals surface area (Å²) in [4.78, 5) is 2.43. The Bertz CT molecular complexity index is 713. The first kappa shape index (κ1) is 21.8. The van der Waals surface area contributed by atoms with Gasteiger partial charge in [-0.15, -0.1) is 0 Å². The first-order valence-corrected chi connectivity index (χ1v) is 10.9. The zero-order chi connectivity index (χ0) is 20.5. The van der Waals surface area contributed by atoms with Crippen molar-refractivity contribution in [3.05, 3.63) is 65.7 Å². The quantitative estimate of drug-likeness (QED) is 0.596. The lowest BCUT2D eigenvalue weighted by Gasteiger charge is -2.41. The highest BCUT2D eigenvalue weighted by atomic mass is 16.5. The van der Waals surface area contributed by atoms with E-state index in [1.807, 2.05) is 30.3 Å². The Morgan fingerprint density at radius 3 is 2.34 bits per heavy atom. The van der Waals surface area contributed by atoms with E-state index >= 15 is 0 Å². The maximum atomic E-state index is 12.2. The second-order valence-electron chi connectivity index (χ2n) is 7.99. The van der Waals surface area contributed by atoms with Crippen LogP contribution in [0.25, 0.3) is 0 Å². The molecule has 0 radical (unpaired) electrons. The molecule has 158 valence electrons. The highest BCUT2D eigenvalue weighted by molar-refractivity contribution is 5.35. The van der Waals surface area contributed by atoms with E-state index in [4.69, 9.17) is 9.47 Å². The smallest absolute Gasteiger partial charge is 0.118 e. The van der Waals surface area contributed by atoms with Crippen LogP contribution in [0.5, 0.6) is 5.75 Å². The molecule has 0 unspecified atom stereocenters. The molecule has 4 nitrogen and oxygen atoms in total. The molecular formula is C25H35NO3. The predicted molar refractivity (Wildman–Crippen MR) is 117 cm³/mol. The Hall–Kier alpha value is -1.88. The number of hydrogen-bond donors (Lipinski definition) is 1. The highest BCUT2D eigenvalue weighted by Gasteiger charge is 2.40. The van der Waals surface area contributed by atoms with E-state index in [0.717, 1.165) is 69.8 Å². The first-order valence-electron chi connectivity index (χ1n) is 10.9. The molecule has 29 heavy (non-hydrogen) atoms. The number of ether oxygens (including phenoxy) is 2. The molecule has 1 saturated heterocycles. The second-order valence-corrected chi connectivity index (χ2v) is 7.99. The van der Waals surface area contributed by atoms with Gasteiger partial charge in [0.15, 0.2) is 0 Å². The van der Waals surface area contributed by atoms with Crippen molar-refractivity contribution in [1.29, 1.82) is 0 Å². The summed E-state index contributed by atoms with van der Waals surface area (Å²) < 4.78 is 10.9. The number of nitrogens with zero attached hydrogens (tertiary/aromatic N) is 1. The summed E-state index contributed by atoms with van der Waals surface area (Å²) in [5.74, 6) is 0.807. The van der Waals surface area contributed by atoms with Crippen LogP contribution in [-0.4, -0.2) is 50.0 Å². The van der Waals surface area contributed by atoms with Crippen LogP contribution in [0.3, 0.4) is 0 Å². The van der Waals surface area contributed by atoms with Gasteiger partial charge in [0.05, 0.1) is 25.9 Å². The Morgan fingerprint density at radius 2 is 1.72 bits per heavy atom. The maximum Gasteiger partial charge on any atom is 0.118 e. The molecule has 1 aliphatic rings. The summed E-state index contributed by atoms with van der Waals surface area (Å²) >= 11 is 0. The van der Waals surface area contributed by atoms with Crippen molar-refractivity contribution < 1.29 is 14.6 Å². The fourth-order valence-electron chi connectivity index (χ4n) is 4.30. The lowest BCUT2D eigenvalue weighted by molar-refractivity contribution is -0.0295. The van der Waals surface area contributed by atoms with E-state index in [2.05, 4.69) is 36.1 Å². The average Bonchev–Trinajstić information content (AvgIpc) is 2.79. The number of rotatable bonds is 10. The number of unbranched alkanes of at least 4 members (excludes halogenated alkanes) is 2. The summed E-state index contributed by atoms with van der Waals surface area (Å²) in [5, 5.41) is 12.2. The number of methoxy groups -OCH3 is 1. The van der Waals surface area contributed by atoms with Gasteiger partial charge in [0, 0.05) is 25.6 Å². The van der Waals surface area contributed by atoms with E-state index in [1.165, 1.54) is 5.56 Å². The van der Waals surface area contributed by atoms with Crippen LogP contribution in [0.1, 0.15) is 49.7 Å². The van der Waals surface area contributed by atoms with Crippen molar-refractivity contribution in [2.45, 2.75) is 44.1 Å². The summed E-state index contributed by atoms with van der Waals surface area (Å²) in [6, 6.07) is 18.5. The minimum Gasteiger partial charge on any atom is -0.497 e. The fraction of sp³-hybridized carbons (Fsp3) is 0.520. The summed E-state index contributed by atoms with van der Waals surface area (Å²) in [7, 11) is 1.67. The molecule has 2 atom stereocenters. The Kier molecular flexibility index (Phi) is 8.10. The van der Waals surface area contributed by atoms with Crippen LogP contribution in [0.2, 0.25) is 0 Å². The third-order valence-corrected chi connectivity index (χ3v) is 6.07. The Labute approximate surface area is 175 Å². The third kappa shape index (κ3) is 5.59. The Balaban J connectivity index is 1.97. The topological polar surface area (TPSA) is 41.9 Å². The van der Waals surface area contributed by atoms with Crippen LogP contribution < -0.4 is 4.74 Å². The largest absolute Gasteiger partial charge is 0.497 e. The van der Waals surface area contributed by atoms with Crippen molar-refractivity contribution in [2.24, 2.45) is 0 Å². The summed E-state index contributed by atoms with van der Waals surface area (Å²) in [5.41, 5.74) is 1.23. The lowest BCUT2D eigenvalue weighted by atomic mass is 9.74. The van der Waals surface area contributed by atoms with Gasteiger partial charge in [-0.3, -0.25) is 4.90 Å². The maximum absolute atomic E-state index is 12.2. The molecule has 0 saturated carbocycles. The number of benzene rings is 2. The van der Waals surface area contributed by atoms with Gasteiger partial charge in [-0.05, 0) is 29.7 Å². The van der Waals surface area contributed by atoms with E-state index in [0.29, 0.717) is 0 Å². The van der Waals surface area contributed by atoms with E-state index in [9.17, 15) is 5.11 Å². The molecule has 0 amide bonds.